The standard InChI is InChI=1S/C14H11NO3S/c1-7-4-3-5-8-10(7)15-6-9-11(16)13(14(17)18-2)19-12(8)9/h3-6,16H,1-2H3. The third-order valence-corrected chi connectivity index (χ3v) is 4.30. The van der Waals surface area contributed by atoms with Crippen LogP contribution in [0.1, 0.15) is 15.2 Å². The molecule has 96 valence electrons. The summed E-state index contributed by atoms with van der Waals surface area (Å²) in [7, 11) is 1.30. The second-order valence-corrected chi connectivity index (χ2v) is 5.26. The largest absolute Gasteiger partial charge is 0.505 e. The molecule has 0 atom stereocenters. The van der Waals surface area contributed by atoms with E-state index in [1.54, 1.807) is 6.20 Å². The number of aromatic nitrogens is 1. The molecule has 0 saturated carbocycles. The van der Waals surface area contributed by atoms with Gasteiger partial charge < -0.3 is 9.84 Å². The molecule has 3 rings (SSSR count). The highest BCUT2D eigenvalue weighted by Gasteiger charge is 2.20. The van der Waals surface area contributed by atoms with Crippen LogP contribution in [0.3, 0.4) is 0 Å². The Balaban J connectivity index is 2.44. The van der Waals surface area contributed by atoms with Gasteiger partial charge in [-0.15, -0.1) is 11.3 Å². The van der Waals surface area contributed by atoms with E-state index in [1.165, 1.54) is 18.4 Å². The van der Waals surface area contributed by atoms with Crippen LogP contribution in [0.5, 0.6) is 5.75 Å². The van der Waals surface area contributed by atoms with Gasteiger partial charge in [-0.3, -0.25) is 4.98 Å². The number of benzene rings is 1. The number of pyridine rings is 1. The number of hydrogen-bond acceptors (Lipinski definition) is 5. The van der Waals surface area contributed by atoms with Crippen LogP contribution >= 0.6 is 11.3 Å². The lowest BCUT2D eigenvalue weighted by molar-refractivity contribution is 0.0603. The molecule has 0 saturated heterocycles. The zero-order valence-corrected chi connectivity index (χ0v) is 11.2. The predicted octanol–water partition coefficient (Wildman–Crippen LogP) is 3.25. The number of fused-ring (bicyclic) bond motifs is 3. The van der Waals surface area contributed by atoms with Crippen LogP contribution in [0.15, 0.2) is 24.4 Å². The summed E-state index contributed by atoms with van der Waals surface area (Å²) in [5.41, 5.74) is 1.94. The van der Waals surface area contributed by atoms with Crippen molar-refractivity contribution in [2.45, 2.75) is 6.92 Å². The Bertz CT molecular complexity index is 807. The number of carbonyl (C=O) groups excluding carboxylic acids is 1. The minimum Gasteiger partial charge on any atom is -0.505 e. The maximum absolute atomic E-state index is 11.6. The van der Waals surface area contributed by atoms with Gasteiger partial charge in [0, 0.05) is 16.3 Å². The topological polar surface area (TPSA) is 59.4 Å². The van der Waals surface area contributed by atoms with Gasteiger partial charge in [-0.2, -0.15) is 0 Å². The Labute approximate surface area is 113 Å². The Kier molecular flexibility index (Phi) is 2.64. The van der Waals surface area contributed by atoms with Crippen LogP contribution in [-0.4, -0.2) is 23.2 Å². The van der Waals surface area contributed by atoms with E-state index in [9.17, 15) is 9.90 Å². The number of aryl methyl sites for hydroxylation is 1. The van der Waals surface area contributed by atoms with E-state index in [0.717, 1.165) is 21.2 Å². The second kappa shape index (κ2) is 4.20. The van der Waals surface area contributed by atoms with E-state index < -0.39 is 5.97 Å². The minimum atomic E-state index is -0.528. The van der Waals surface area contributed by atoms with Crippen molar-refractivity contribution in [1.29, 1.82) is 0 Å². The number of methoxy groups -OCH3 is 1. The van der Waals surface area contributed by atoms with Gasteiger partial charge in [-0.25, -0.2) is 4.79 Å². The first-order valence-electron chi connectivity index (χ1n) is 5.71. The molecule has 1 aromatic carbocycles. The summed E-state index contributed by atoms with van der Waals surface area (Å²) in [6.07, 6.45) is 1.60. The molecule has 0 amide bonds. The molecule has 19 heavy (non-hydrogen) atoms. The lowest BCUT2D eigenvalue weighted by atomic mass is 10.1. The van der Waals surface area contributed by atoms with Crippen molar-refractivity contribution < 1.29 is 14.6 Å². The highest BCUT2D eigenvalue weighted by Crippen LogP contribution is 2.40. The molecular weight excluding hydrogens is 262 g/mol. The van der Waals surface area contributed by atoms with Gasteiger partial charge in [0.05, 0.1) is 18.0 Å². The molecule has 4 nitrogen and oxygen atoms in total. The number of para-hydroxylation sites is 1. The number of carbonyl (C=O) groups is 1. The van der Waals surface area contributed by atoms with Crippen molar-refractivity contribution in [2.24, 2.45) is 0 Å². The summed E-state index contributed by atoms with van der Waals surface area (Å²) in [5, 5.41) is 11.6. The van der Waals surface area contributed by atoms with Crippen molar-refractivity contribution in [3.63, 3.8) is 0 Å². The number of ether oxygens (including phenoxy) is 1. The van der Waals surface area contributed by atoms with Crippen LogP contribution in [0.25, 0.3) is 21.0 Å². The average molecular weight is 273 g/mol. The third-order valence-electron chi connectivity index (χ3n) is 3.09. The molecule has 1 N–H and O–H groups in total. The zero-order chi connectivity index (χ0) is 13.6. The maximum atomic E-state index is 11.6. The summed E-state index contributed by atoms with van der Waals surface area (Å²) >= 11 is 1.23. The van der Waals surface area contributed by atoms with E-state index in [-0.39, 0.29) is 10.6 Å². The van der Waals surface area contributed by atoms with Gasteiger partial charge in [0.2, 0.25) is 0 Å². The quantitative estimate of drug-likeness (QED) is 0.691. The molecule has 0 aliphatic carbocycles. The van der Waals surface area contributed by atoms with E-state index >= 15 is 0 Å². The fourth-order valence-electron chi connectivity index (χ4n) is 2.13. The predicted molar refractivity (Wildman–Crippen MR) is 74.9 cm³/mol. The number of thiophene rings is 1. The molecule has 0 fully saturated rings. The van der Waals surface area contributed by atoms with Gasteiger partial charge in [0.15, 0.2) is 4.88 Å². The third kappa shape index (κ3) is 1.66. The Morgan fingerprint density at radius 1 is 1.37 bits per heavy atom. The zero-order valence-electron chi connectivity index (χ0n) is 10.4. The van der Waals surface area contributed by atoms with Crippen LogP contribution in [0.4, 0.5) is 0 Å². The van der Waals surface area contributed by atoms with Crippen LogP contribution in [0, 0.1) is 6.92 Å². The molecule has 0 aliphatic heterocycles. The molecule has 0 unspecified atom stereocenters. The molecule has 0 spiro atoms. The fraction of sp³-hybridized carbons (Fsp3) is 0.143. The highest BCUT2D eigenvalue weighted by atomic mass is 32.1. The molecule has 0 radical (unpaired) electrons. The minimum absolute atomic E-state index is 0.0530. The van der Waals surface area contributed by atoms with Gasteiger partial charge in [0.25, 0.3) is 0 Å². The molecule has 2 heterocycles. The molecule has 5 heteroatoms. The highest BCUT2D eigenvalue weighted by molar-refractivity contribution is 7.22. The Morgan fingerprint density at radius 2 is 2.16 bits per heavy atom. The second-order valence-electron chi connectivity index (χ2n) is 4.24. The van der Waals surface area contributed by atoms with Gasteiger partial charge >= 0.3 is 5.97 Å². The summed E-state index contributed by atoms with van der Waals surface area (Å²) in [5.74, 6) is -0.581. The van der Waals surface area contributed by atoms with Crippen molar-refractivity contribution in [3.05, 3.63) is 34.8 Å². The van der Waals surface area contributed by atoms with Crippen molar-refractivity contribution in [1.82, 2.24) is 4.98 Å². The van der Waals surface area contributed by atoms with Crippen LogP contribution < -0.4 is 0 Å². The summed E-state index contributed by atoms with van der Waals surface area (Å²) in [6, 6.07) is 5.86. The van der Waals surface area contributed by atoms with Crippen LogP contribution in [-0.2, 0) is 4.74 Å². The first-order valence-corrected chi connectivity index (χ1v) is 6.53. The summed E-state index contributed by atoms with van der Waals surface area (Å²) in [4.78, 5) is 16.2. The fourth-order valence-corrected chi connectivity index (χ4v) is 3.24. The van der Waals surface area contributed by atoms with E-state index in [2.05, 4.69) is 9.72 Å². The monoisotopic (exact) mass is 273 g/mol. The number of rotatable bonds is 1. The van der Waals surface area contributed by atoms with Crippen molar-refractivity contribution >= 4 is 38.3 Å². The maximum Gasteiger partial charge on any atom is 0.351 e. The first-order chi connectivity index (χ1) is 9.13. The van der Waals surface area contributed by atoms with E-state index in [0.29, 0.717) is 5.39 Å². The molecule has 0 bridgehead atoms. The van der Waals surface area contributed by atoms with Crippen LogP contribution in [0.2, 0.25) is 0 Å². The normalized spacial score (nSPS) is 11.1. The average Bonchev–Trinajstić information content (AvgIpc) is 2.76. The van der Waals surface area contributed by atoms with Gasteiger partial charge in [-0.1, -0.05) is 18.2 Å². The van der Waals surface area contributed by atoms with Gasteiger partial charge in [0.1, 0.15) is 5.75 Å². The molecular formula is C14H11NO3S. The number of hydrogen-bond donors (Lipinski definition) is 1. The SMILES string of the molecule is COC(=O)c1sc2c(cnc3c(C)cccc32)c1O. The summed E-state index contributed by atoms with van der Waals surface area (Å²) < 4.78 is 5.53. The van der Waals surface area contributed by atoms with E-state index in [1.807, 2.05) is 25.1 Å². The molecule has 3 aromatic rings. The van der Waals surface area contributed by atoms with E-state index in [4.69, 9.17) is 0 Å². The smallest absolute Gasteiger partial charge is 0.351 e. The molecule has 0 aliphatic rings. The number of nitrogens with zero attached hydrogens (tertiary/aromatic N) is 1. The van der Waals surface area contributed by atoms with Crippen molar-refractivity contribution in [3.8, 4) is 5.75 Å². The Morgan fingerprint density at radius 3 is 2.89 bits per heavy atom. The van der Waals surface area contributed by atoms with Gasteiger partial charge in [-0.05, 0) is 12.5 Å². The number of aromatic hydroxyl groups is 1. The van der Waals surface area contributed by atoms with Crippen molar-refractivity contribution in [2.75, 3.05) is 7.11 Å². The molecule has 2 aromatic heterocycles. The Hall–Kier alpha value is -2.14. The first kappa shape index (κ1) is 11.9. The summed E-state index contributed by atoms with van der Waals surface area (Å²) in [6.45, 7) is 1.98. The lowest BCUT2D eigenvalue weighted by Gasteiger charge is -2.01. The number of esters is 1. The lowest BCUT2D eigenvalue weighted by Crippen LogP contribution is -1.97.